The van der Waals surface area contributed by atoms with Crippen LogP contribution in [0.15, 0.2) is 28.7 Å². The van der Waals surface area contributed by atoms with Gasteiger partial charge in [-0.3, -0.25) is 4.79 Å². The van der Waals surface area contributed by atoms with Crippen molar-refractivity contribution in [2.45, 2.75) is 33.6 Å². The highest BCUT2D eigenvalue weighted by atomic mass is 16.5. The standard InChI is InChI=1S/C17H20N2O4/c1-5-22-17(21)12-6-8-13(9-7-12)18-15(20)14-11(4)23-16(19-14)10(2)3/h6-10H,5H2,1-4H3,(H,18,20). The minimum absolute atomic E-state index is 0.110. The Balaban J connectivity index is 2.10. The average molecular weight is 316 g/mol. The van der Waals surface area contributed by atoms with E-state index in [-0.39, 0.29) is 23.5 Å². The third-order valence-electron chi connectivity index (χ3n) is 3.18. The molecule has 6 nitrogen and oxygen atoms in total. The zero-order chi connectivity index (χ0) is 17.0. The summed E-state index contributed by atoms with van der Waals surface area (Å²) in [5, 5.41) is 2.74. The van der Waals surface area contributed by atoms with Gasteiger partial charge in [-0.05, 0) is 38.1 Å². The maximum absolute atomic E-state index is 12.3. The molecule has 6 heteroatoms. The van der Waals surface area contributed by atoms with Crippen LogP contribution < -0.4 is 5.32 Å². The molecule has 23 heavy (non-hydrogen) atoms. The number of amides is 1. The monoisotopic (exact) mass is 316 g/mol. The molecule has 122 valence electrons. The Morgan fingerprint density at radius 1 is 1.26 bits per heavy atom. The van der Waals surface area contributed by atoms with Gasteiger partial charge in [-0.15, -0.1) is 0 Å². The van der Waals surface area contributed by atoms with Gasteiger partial charge in [-0.1, -0.05) is 13.8 Å². The number of carbonyl (C=O) groups excluding carboxylic acids is 2. The van der Waals surface area contributed by atoms with Crippen molar-refractivity contribution in [1.82, 2.24) is 4.98 Å². The molecule has 1 N–H and O–H groups in total. The summed E-state index contributed by atoms with van der Waals surface area (Å²) in [7, 11) is 0. The number of hydrogen-bond donors (Lipinski definition) is 1. The second-order valence-corrected chi connectivity index (χ2v) is 5.36. The van der Waals surface area contributed by atoms with Crippen molar-refractivity contribution >= 4 is 17.6 Å². The van der Waals surface area contributed by atoms with Gasteiger partial charge >= 0.3 is 5.97 Å². The minimum Gasteiger partial charge on any atom is -0.462 e. The average Bonchev–Trinajstić information content (AvgIpc) is 2.90. The number of esters is 1. The molecule has 0 fully saturated rings. The predicted octanol–water partition coefficient (Wildman–Crippen LogP) is 3.54. The SMILES string of the molecule is CCOC(=O)c1ccc(NC(=O)c2nc(C(C)C)oc2C)cc1. The number of anilines is 1. The van der Waals surface area contributed by atoms with Gasteiger partial charge in [0.05, 0.1) is 12.2 Å². The fraction of sp³-hybridized carbons (Fsp3) is 0.353. The fourth-order valence-electron chi connectivity index (χ4n) is 1.97. The predicted molar refractivity (Wildman–Crippen MR) is 85.7 cm³/mol. The molecule has 0 saturated carbocycles. The summed E-state index contributed by atoms with van der Waals surface area (Å²) in [6.07, 6.45) is 0. The molecule has 0 bridgehead atoms. The van der Waals surface area contributed by atoms with Gasteiger partial charge in [-0.2, -0.15) is 0 Å². The molecule has 1 amide bonds. The minimum atomic E-state index is -0.390. The van der Waals surface area contributed by atoms with Crippen LogP contribution in [0.4, 0.5) is 5.69 Å². The van der Waals surface area contributed by atoms with Crippen molar-refractivity contribution in [3.63, 3.8) is 0 Å². The van der Waals surface area contributed by atoms with Crippen molar-refractivity contribution < 1.29 is 18.7 Å². The van der Waals surface area contributed by atoms with E-state index < -0.39 is 0 Å². The normalized spacial score (nSPS) is 10.7. The number of carbonyl (C=O) groups is 2. The number of aromatic nitrogens is 1. The van der Waals surface area contributed by atoms with E-state index in [4.69, 9.17) is 9.15 Å². The first kappa shape index (κ1) is 16.7. The molecule has 0 unspecified atom stereocenters. The molecular formula is C17H20N2O4. The number of rotatable bonds is 5. The first-order valence-corrected chi connectivity index (χ1v) is 7.48. The highest BCUT2D eigenvalue weighted by Crippen LogP contribution is 2.19. The first-order valence-electron chi connectivity index (χ1n) is 7.48. The summed E-state index contributed by atoms with van der Waals surface area (Å²) in [6, 6.07) is 6.48. The molecular weight excluding hydrogens is 296 g/mol. The quantitative estimate of drug-likeness (QED) is 0.853. The summed E-state index contributed by atoms with van der Waals surface area (Å²) in [5.41, 5.74) is 1.27. The number of nitrogens with zero attached hydrogens (tertiary/aromatic N) is 1. The van der Waals surface area contributed by atoms with Gasteiger partial charge in [0.15, 0.2) is 11.6 Å². The van der Waals surface area contributed by atoms with Crippen LogP contribution >= 0.6 is 0 Å². The lowest BCUT2D eigenvalue weighted by molar-refractivity contribution is 0.0526. The van der Waals surface area contributed by atoms with Crippen LogP contribution in [-0.2, 0) is 4.74 Å². The summed E-state index contributed by atoms with van der Waals surface area (Å²) in [5.74, 6) is 0.389. The van der Waals surface area contributed by atoms with Crippen LogP contribution in [0.25, 0.3) is 0 Å². The second kappa shape index (κ2) is 7.09. The van der Waals surface area contributed by atoms with E-state index in [2.05, 4.69) is 10.3 Å². The molecule has 0 aliphatic rings. The summed E-state index contributed by atoms with van der Waals surface area (Å²) in [4.78, 5) is 28.1. The lowest BCUT2D eigenvalue weighted by Crippen LogP contribution is -2.14. The van der Waals surface area contributed by atoms with Crippen molar-refractivity contribution in [3.8, 4) is 0 Å². The van der Waals surface area contributed by atoms with Crippen LogP contribution in [0.5, 0.6) is 0 Å². The maximum Gasteiger partial charge on any atom is 0.338 e. The summed E-state index contributed by atoms with van der Waals surface area (Å²) >= 11 is 0. The largest absolute Gasteiger partial charge is 0.462 e. The number of aryl methyl sites for hydroxylation is 1. The highest BCUT2D eigenvalue weighted by molar-refractivity contribution is 6.03. The van der Waals surface area contributed by atoms with Crippen LogP contribution in [0.2, 0.25) is 0 Å². The van der Waals surface area contributed by atoms with Gasteiger partial charge in [0.1, 0.15) is 5.76 Å². The topological polar surface area (TPSA) is 81.4 Å². The maximum atomic E-state index is 12.3. The van der Waals surface area contributed by atoms with Crippen LogP contribution in [0, 0.1) is 6.92 Å². The zero-order valence-corrected chi connectivity index (χ0v) is 13.7. The number of nitrogens with one attached hydrogen (secondary N) is 1. The summed E-state index contributed by atoms with van der Waals surface area (Å²) in [6.45, 7) is 7.67. The van der Waals surface area contributed by atoms with Gasteiger partial charge in [0.25, 0.3) is 5.91 Å². The Morgan fingerprint density at radius 2 is 1.91 bits per heavy atom. The van der Waals surface area contributed by atoms with Gasteiger partial charge in [0, 0.05) is 11.6 Å². The number of ether oxygens (including phenoxy) is 1. The molecule has 2 rings (SSSR count). The van der Waals surface area contributed by atoms with Crippen molar-refractivity contribution in [1.29, 1.82) is 0 Å². The Morgan fingerprint density at radius 3 is 2.43 bits per heavy atom. The molecule has 0 aliphatic heterocycles. The summed E-state index contributed by atoms with van der Waals surface area (Å²) < 4.78 is 10.4. The Labute approximate surface area is 134 Å². The molecule has 2 aromatic rings. The van der Waals surface area contributed by atoms with Crippen LogP contribution in [-0.4, -0.2) is 23.5 Å². The van der Waals surface area contributed by atoms with Crippen LogP contribution in [0.3, 0.4) is 0 Å². The molecule has 1 aromatic heterocycles. The molecule has 0 radical (unpaired) electrons. The molecule has 1 heterocycles. The lowest BCUT2D eigenvalue weighted by atomic mass is 10.2. The molecule has 0 spiro atoms. The lowest BCUT2D eigenvalue weighted by Gasteiger charge is -2.05. The highest BCUT2D eigenvalue weighted by Gasteiger charge is 2.19. The van der Waals surface area contributed by atoms with Crippen molar-refractivity contribution in [3.05, 3.63) is 47.2 Å². The van der Waals surface area contributed by atoms with E-state index in [1.54, 1.807) is 38.1 Å². The molecule has 0 aliphatic carbocycles. The molecule has 0 saturated heterocycles. The van der Waals surface area contributed by atoms with Crippen molar-refractivity contribution in [2.75, 3.05) is 11.9 Å². The van der Waals surface area contributed by atoms with E-state index in [1.165, 1.54) is 0 Å². The third-order valence-corrected chi connectivity index (χ3v) is 3.18. The van der Waals surface area contributed by atoms with Gasteiger partial charge < -0.3 is 14.5 Å². The van der Waals surface area contributed by atoms with E-state index in [9.17, 15) is 9.59 Å². The zero-order valence-electron chi connectivity index (χ0n) is 13.7. The number of hydrogen-bond acceptors (Lipinski definition) is 5. The van der Waals surface area contributed by atoms with E-state index in [0.717, 1.165) is 0 Å². The first-order chi connectivity index (χ1) is 10.9. The smallest absolute Gasteiger partial charge is 0.338 e. The number of benzene rings is 1. The third kappa shape index (κ3) is 3.97. The van der Waals surface area contributed by atoms with Crippen LogP contribution in [0.1, 0.15) is 59.2 Å². The van der Waals surface area contributed by atoms with Crippen molar-refractivity contribution in [2.24, 2.45) is 0 Å². The van der Waals surface area contributed by atoms with E-state index in [1.807, 2.05) is 13.8 Å². The molecule has 1 aromatic carbocycles. The van der Waals surface area contributed by atoms with Gasteiger partial charge in [-0.25, -0.2) is 9.78 Å². The fourth-order valence-corrected chi connectivity index (χ4v) is 1.97. The number of oxazole rings is 1. The van der Waals surface area contributed by atoms with E-state index in [0.29, 0.717) is 29.5 Å². The molecule has 0 atom stereocenters. The Hall–Kier alpha value is -2.63. The van der Waals surface area contributed by atoms with Gasteiger partial charge in [0.2, 0.25) is 0 Å². The Bertz CT molecular complexity index is 702. The Kier molecular flexibility index (Phi) is 5.16. The van der Waals surface area contributed by atoms with E-state index >= 15 is 0 Å². The second-order valence-electron chi connectivity index (χ2n) is 5.36.